The lowest BCUT2D eigenvalue weighted by Gasteiger charge is -2.14. The fourth-order valence-corrected chi connectivity index (χ4v) is 1.71. The molecule has 3 amide bonds. The first-order chi connectivity index (χ1) is 8.85. The summed E-state index contributed by atoms with van der Waals surface area (Å²) in [4.78, 5) is 33.4. The van der Waals surface area contributed by atoms with Gasteiger partial charge in [0.2, 0.25) is 5.91 Å². The number of carbonyl (C=O) groups is 3. The van der Waals surface area contributed by atoms with E-state index in [2.05, 4.69) is 17.6 Å². The van der Waals surface area contributed by atoms with E-state index in [9.17, 15) is 14.4 Å². The highest BCUT2D eigenvalue weighted by molar-refractivity contribution is 5.94. The van der Waals surface area contributed by atoms with E-state index in [-0.39, 0.29) is 24.8 Å². The lowest BCUT2D eigenvalue weighted by Crippen LogP contribution is -2.43. The summed E-state index contributed by atoms with van der Waals surface area (Å²) in [6.45, 7) is 5.61. The molecule has 2 unspecified atom stereocenters. The minimum atomic E-state index is -0.946. The molecular weight excluding hydrogens is 248 g/mol. The van der Waals surface area contributed by atoms with Crippen LogP contribution < -0.4 is 10.6 Å². The van der Waals surface area contributed by atoms with E-state index in [0.29, 0.717) is 0 Å². The smallest absolute Gasteiger partial charge is 0.321 e. The van der Waals surface area contributed by atoms with E-state index in [1.807, 2.05) is 6.92 Å². The van der Waals surface area contributed by atoms with Crippen LogP contribution in [0.25, 0.3) is 0 Å². The maximum absolute atomic E-state index is 11.5. The van der Waals surface area contributed by atoms with Crippen LogP contribution in [0.15, 0.2) is 0 Å². The number of carboxylic acid groups (broad SMARTS) is 1. The molecule has 0 radical (unpaired) electrons. The van der Waals surface area contributed by atoms with Gasteiger partial charge in [0.15, 0.2) is 0 Å². The molecular formula is C13H24N2O4. The van der Waals surface area contributed by atoms with Gasteiger partial charge in [-0.25, -0.2) is 4.79 Å². The van der Waals surface area contributed by atoms with Crippen molar-refractivity contribution >= 4 is 17.9 Å². The molecule has 0 aliphatic heterocycles. The summed E-state index contributed by atoms with van der Waals surface area (Å²) in [5.74, 6) is -1.69. The standard InChI is InChI=1S/C13H24N2O4/c1-4-5-6-10(3)14-13(19)15-11(16)7-9(2)8-12(17)18/h9-10H,4-8H2,1-3H3,(H,17,18)(H2,14,15,16,19). The Morgan fingerprint density at radius 3 is 2.32 bits per heavy atom. The van der Waals surface area contributed by atoms with Crippen molar-refractivity contribution in [1.29, 1.82) is 0 Å². The van der Waals surface area contributed by atoms with Gasteiger partial charge < -0.3 is 10.4 Å². The number of unbranched alkanes of at least 4 members (excludes halogenated alkanes) is 1. The number of rotatable bonds is 8. The summed E-state index contributed by atoms with van der Waals surface area (Å²) in [6, 6.07) is -0.500. The number of hydrogen-bond acceptors (Lipinski definition) is 3. The Morgan fingerprint density at radius 2 is 1.79 bits per heavy atom. The molecule has 0 aromatic carbocycles. The van der Waals surface area contributed by atoms with Crippen molar-refractivity contribution in [1.82, 2.24) is 10.6 Å². The zero-order valence-electron chi connectivity index (χ0n) is 11.9. The number of nitrogens with one attached hydrogen (secondary N) is 2. The van der Waals surface area contributed by atoms with Gasteiger partial charge in [-0.2, -0.15) is 0 Å². The quantitative estimate of drug-likeness (QED) is 0.628. The van der Waals surface area contributed by atoms with Crippen LogP contribution in [-0.4, -0.2) is 29.1 Å². The number of aliphatic carboxylic acids is 1. The zero-order valence-corrected chi connectivity index (χ0v) is 11.9. The van der Waals surface area contributed by atoms with Crippen molar-refractivity contribution in [2.24, 2.45) is 5.92 Å². The third-order valence-electron chi connectivity index (χ3n) is 2.68. The van der Waals surface area contributed by atoms with Crippen molar-refractivity contribution in [3.63, 3.8) is 0 Å². The van der Waals surface area contributed by atoms with Crippen molar-refractivity contribution in [2.45, 2.75) is 58.9 Å². The van der Waals surface area contributed by atoms with Crippen LogP contribution in [0.4, 0.5) is 4.79 Å². The minimum absolute atomic E-state index is 0.0178. The molecule has 0 heterocycles. The molecule has 0 fully saturated rings. The highest BCUT2D eigenvalue weighted by atomic mass is 16.4. The Kier molecular flexibility index (Phi) is 8.57. The van der Waals surface area contributed by atoms with Crippen LogP contribution in [-0.2, 0) is 9.59 Å². The van der Waals surface area contributed by atoms with Gasteiger partial charge in [-0.1, -0.05) is 26.7 Å². The second-order valence-electron chi connectivity index (χ2n) is 4.97. The van der Waals surface area contributed by atoms with Crippen LogP contribution in [0.3, 0.4) is 0 Å². The van der Waals surface area contributed by atoms with E-state index >= 15 is 0 Å². The van der Waals surface area contributed by atoms with Gasteiger partial charge in [-0.05, 0) is 19.3 Å². The van der Waals surface area contributed by atoms with Crippen molar-refractivity contribution in [3.05, 3.63) is 0 Å². The first-order valence-corrected chi connectivity index (χ1v) is 6.67. The van der Waals surface area contributed by atoms with Gasteiger partial charge in [0.05, 0.1) is 0 Å². The van der Waals surface area contributed by atoms with E-state index in [0.717, 1.165) is 19.3 Å². The second kappa shape index (κ2) is 9.35. The number of carboxylic acids is 1. The van der Waals surface area contributed by atoms with E-state index < -0.39 is 17.9 Å². The molecule has 0 saturated carbocycles. The summed E-state index contributed by atoms with van der Waals surface area (Å²) in [6.07, 6.45) is 2.89. The van der Waals surface area contributed by atoms with Crippen molar-refractivity contribution in [2.75, 3.05) is 0 Å². The number of imide groups is 1. The maximum Gasteiger partial charge on any atom is 0.321 e. The minimum Gasteiger partial charge on any atom is -0.481 e. The topological polar surface area (TPSA) is 95.5 Å². The van der Waals surface area contributed by atoms with Gasteiger partial charge in [-0.3, -0.25) is 14.9 Å². The number of urea groups is 1. The van der Waals surface area contributed by atoms with Gasteiger partial charge in [-0.15, -0.1) is 0 Å². The molecule has 0 bridgehead atoms. The van der Waals surface area contributed by atoms with Crippen LogP contribution in [0, 0.1) is 5.92 Å². The monoisotopic (exact) mass is 272 g/mol. The largest absolute Gasteiger partial charge is 0.481 e. The van der Waals surface area contributed by atoms with E-state index in [4.69, 9.17) is 5.11 Å². The molecule has 19 heavy (non-hydrogen) atoms. The molecule has 0 rings (SSSR count). The molecule has 0 aromatic rings. The van der Waals surface area contributed by atoms with Gasteiger partial charge in [0.25, 0.3) is 0 Å². The summed E-state index contributed by atoms with van der Waals surface area (Å²) in [5, 5.41) is 13.5. The third kappa shape index (κ3) is 10.1. The summed E-state index contributed by atoms with van der Waals surface area (Å²) in [7, 11) is 0. The molecule has 0 aliphatic carbocycles. The number of hydrogen-bond donors (Lipinski definition) is 3. The molecule has 6 heteroatoms. The van der Waals surface area contributed by atoms with Crippen molar-refractivity contribution in [3.8, 4) is 0 Å². The Bertz CT molecular complexity index is 318. The van der Waals surface area contributed by atoms with Crippen molar-refractivity contribution < 1.29 is 19.5 Å². The molecule has 0 spiro atoms. The highest BCUT2D eigenvalue weighted by Crippen LogP contribution is 2.06. The highest BCUT2D eigenvalue weighted by Gasteiger charge is 2.15. The first kappa shape index (κ1) is 17.4. The van der Waals surface area contributed by atoms with Gasteiger partial charge >= 0.3 is 12.0 Å². The fourth-order valence-electron chi connectivity index (χ4n) is 1.71. The van der Waals surface area contributed by atoms with Crippen LogP contribution >= 0.6 is 0 Å². The summed E-state index contributed by atoms with van der Waals surface area (Å²) in [5.41, 5.74) is 0. The molecule has 3 N–H and O–H groups in total. The van der Waals surface area contributed by atoms with Crippen LogP contribution in [0.2, 0.25) is 0 Å². The molecule has 110 valence electrons. The average Bonchev–Trinajstić information content (AvgIpc) is 2.24. The molecule has 0 saturated heterocycles. The fraction of sp³-hybridized carbons (Fsp3) is 0.769. The predicted molar refractivity (Wildman–Crippen MR) is 71.7 cm³/mol. The Labute approximate surface area is 113 Å². The first-order valence-electron chi connectivity index (χ1n) is 6.67. The van der Waals surface area contributed by atoms with Gasteiger partial charge in [0.1, 0.15) is 0 Å². The normalized spacial score (nSPS) is 13.4. The number of carbonyl (C=O) groups excluding carboxylic acids is 2. The Balaban J connectivity index is 3.92. The lowest BCUT2D eigenvalue weighted by atomic mass is 10.0. The second-order valence-corrected chi connectivity index (χ2v) is 4.97. The average molecular weight is 272 g/mol. The molecule has 6 nitrogen and oxygen atoms in total. The molecule has 2 atom stereocenters. The Morgan fingerprint density at radius 1 is 1.16 bits per heavy atom. The van der Waals surface area contributed by atoms with Crippen LogP contribution in [0.1, 0.15) is 52.9 Å². The predicted octanol–water partition coefficient (Wildman–Crippen LogP) is 1.89. The lowest BCUT2D eigenvalue weighted by molar-refractivity contribution is -0.138. The van der Waals surface area contributed by atoms with Crippen LogP contribution in [0.5, 0.6) is 0 Å². The zero-order chi connectivity index (χ0) is 14.8. The Hall–Kier alpha value is -1.59. The number of amides is 3. The summed E-state index contributed by atoms with van der Waals surface area (Å²) < 4.78 is 0. The molecule has 0 aliphatic rings. The third-order valence-corrected chi connectivity index (χ3v) is 2.68. The van der Waals surface area contributed by atoms with Gasteiger partial charge in [0, 0.05) is 18.9 Å². The SMILES string of the molecule is CCCCC(C)NC(=O)NC(=O)CC(C)CC(=O)O. The maximum atomic E-state index is 11.5. The molecule has 0 aromatic heterocycles. The van der Waals surface area contributed by atoms with E-state index in [1.165, 1.54) is 0 Å². The summed E-state index contributed by atoms with van der Waals surface area (Å²) >= 11 is 0. The van der Waals surface area contributed by atoms with E-state index in [1.54, 1.807) is 6.92 Å².